The first-order valence-electron chi connectivity index (χ1n) is 12.3. The molecule has 7 rings (SSSR count). The van der Waals surface area contributed by atoms with Crippen molar-refractivity contribution in [1.29, 1.82) is 0 Å². The first-order chi connectivity index (χ1) is 17.3. The SMILES string of the molecule is [Pt+4].[c-]1c2cccc1N1[CH-]N(c3ccccc31)C1CCCCC1n1ccccn([cH-]1)-c1[c-]c(ccc1)O2. The van der Waals surface area contributed by atoms with E-state index in [4.69, 9.17) is 4.74 Å². The molecule has 1 saturated carbocycles. The van der Waals surface area contributed by atoms with E-state index in [-0.39, 0.29) is 21.1 Å². The molecule has 0 radical (unpaired) electrons. The molecule has 6 heteroatoms. The monoisotopic (exact) mass is 653 g/mol. The van der Waals surface area contributed by atoms with Gasteiger partial charge in [-0.15, -0.1) is 35.6 Å². The van der Waals surface area contributed by atoms with Crippen molar-refractivity contribution in [1.82, 2.24) is 9.13 Å². The summed E-state index contributed by atoms with van der Waals surface area (Å²) < 4.78 is 10.8. The molecule has 2 atom stereocenters. The quantitative estimate of drug-likeness (QED) is 0.190. The van der Waals surface area contributed by atoms with Crippen molar-refractivity contribution in [3.8, 4) is 17.2 Å². The van der Waals surface area contributed by atoms with Crippen molar-refractivity contribution < 1.29 is 25.8 Å². The molecule has 0 saturated heterocycles. The van der Waals surface area contributed by atoms with E-state index in [9.17, 15) is 0 Å². The third-order valence-electron chi connectivity index (χ3n) is 7.23. The predicted molar refractivity (Wildman–Crippen MR) is 138 cm³/mol. The Kier molecular flexibility index (Phi) is 6.18. The Bertz CT molecular complexity index is 1420. The van der Waals surface area contributed by atoms with E-state index in [2.05, 4.69) is 105 Å². The zero-order valence-corrected chi connectivity index (χ0v) is 22.0. The molecule has 0 spiro atoms. The number of fused-ring (bicyclic) bond motifs is 16. The summed E-state index contributed by atoms with van der Waals surface area (Å²) >= 11 is 0. The number of benzene rings is 3. The maximum absolute atomic E-state index is 6.23. The van der Waals surface area contributed by atoms with Crippen LogP contribution in [0.15, 0.2) is 91.5 Å². The van der Waals surface area contributed by atoms with Crippen LogP contribution in [0, 0.1) is 18.8 Å². The Balaban J connectivity index is 0.00000240. The summed E-state index contributed by atoms with van der Waals surface area (Å²) in [6.07, 6.45) is 11.2. The van der Waals surface area contributed by atoms with Gasteiger partial charge in [0, 0.05) is 35.0 Å². The summed E-state index contributed by atoms with van der Waals surface area (Å²) in [5.74, 6) is 1.34. The van der Waals surface area contributed by atoms with Gasteiger partial charge < -0.3 is 23.7 Å². The minimum absolute atomic E-state index is 0. The first kappa shape index (κ1) is 23.1. The molecule has 8 bridgehead atoms. The molecule has 0 N–H and O–H groups in total. The van der Waals surface area contributed by atoms with Gasteiger partial charge in [-0.2, -0.15) is 30.9 Å². The van der Waals surface area contributed by atoms with Gasteiger partial charge in [0.15, 0.2) is 0 Å². The summed E-state index contributed by atoms with van der Waals surface area (Å²) in [5.41, 5.74) is 4.31. The van der Waals surface area contributed by atoms with E-state index in [1.807, 2.05) is 24.3 Å². The van der Waals surface area contributed by atoms with Gasteiger partial charge in [-0.1, -0.05) is 49.5 Å². The fourth-order valence-electron chi connectivity index (χ4n) is 5.61. The van der Waals surface area contributed by atoms with E-state index in [1.165, 1.54) is 24.2 Å². The van der Waals surface area contributed by atoms with Crippen LogP contribution in [0.4, 0.5) is 17.1 Å². The standard InChI is InChI=1S/C30H26N4O.Pt/c1-2-14-28-27(13-1)32-18-6-5-17-31(21-32)23-9-7-11-25(19-23)35-26-12-8-10-24(20-26)33-22-34(28)30-16-4-3-15-29(30)33;/h3-12,15-18,21-22,27-28H,1-2,13-14H2;/q-4;+4. The number of ether oxygens (including phenoxy) is 1. The second kappa shape index (κ2) is 9.63. The van der Waals surface area contributed by atoms with E-state index >= 15 is 0 Å². The zero-order chi connectivity index (χ0) is 23.2. The van der Waals surface area contributed by atoms with Crippen LogP contribution >= 0.6 is 0 Å². The van der Waals surface area contributed by atoms with Crippen molar-refractivity contribution in [3.63, 3.8) is 0 Å². The predicted octanol–water partition coefficient (Wildman–Crippen LogP) is 7.09. The van der Waals surface area contributed by atoms with Crippen molar-refractivity contribution in [2.24, 2.45) is 0 Å². The van der Waals surface area contributed by atoms with E-state index in [0.717, 1.165) is 24.2 Å². The minimum atomic E-state index is 0. The molecule has 3 aliphatic rings. The normalized spacial score (nSPS) is 19.6. The molecule has 3 aromatic carbocycles. The molecule has 36 heavy (non-hydrogen) atoms. The van der Waals surface area contributed by atoms with Crippen molar-refractivity contribution in [2.45, 2.75) is 37.8 Å². The molecular formula is C30H26N4OPt. The smallest absolute Gasteiger partial charge is 0.510 e. The average molecular weight is 654 g/mol. The van der Waals surface area contributed by atoms with Crippen molar-refractivity contribution in [3.05, 3.63) is 110 Å². The fraction of sp³-hybridized carbons (Fsp3) is 0.200. The number of hydrogen-bond acceptors (Lipinski definition) is 3. The van der Waals surface area contributed by atoms with Gasteiger partial charge in [0.2, 0.25) is 0 Å². The molecule has 2 aliphatic heterocycles. The van der Waals surface area contributed by atoms with Crippen LogP contribution in [0.2, 0.25) is 0 Å². The molecule has 4 aromatic rings. The number of nitrogens with zero attached hydrogens (tertiary/aromatic N) is 4. The molecular weight excluding hydrogens is 627 g/mol. The van der Waals surface area contributed by atoms with Crippen LogP contribution in [-0.2, 0) is 21.1 Å². The summed E-state index contributed by atoms with van der Waals surface area (Å²) in [4.78, 5) is 4.72. The van der Waals surface area contributed by atoms with Crippen LogP contribution in [0.25, 0.3) is 5.69 Å². The van der Waals surface area contributed by atoms with Gasteiger partial charge in [0.05, 0.1) is 0 Å². The minimum Gasteiger partial charge on any atom is -0.510 e. The number of para-hydroxylation sites is 2. The molecule has 2 unspecified atom stereocenters. The van der Waals surface area contributed by atoms with Crippen LogP contribution in [0.5, 0.6) is 11.5 Å². The van der Waals surface area contributed by atoms with Crippen LogP contribution in [0.1, 0.15) is 31.7 Å². The Morgan fingerprint density at radius 3 is 2.25 bits per heavy atom. The molecule has 182 valence electrons. The molecule has 3 heterocycles. The molecule has 5 nitrogen and oxygen atoms in total. The number of rotatable bonds is 0. The maximum atomic E-state index is 6.23. The van der Waals surface area contributed by atoms with Crippen LogP contribution in [0.3, 0.4) is 0 Å². The van der Waals surface area contributed by atoms with Gasteiger partial charge in [-0.25, -0.2) is 0 Å². The number of anilines is 3. The average Bonchev–Trinajstić information content (AvgIpc) is 3.11. The third-order valence-corrected chi connectivity index (χ3v) is 7.23. The fourth-order valence-corrected chi connectivity index (χ4v) is 5.61. The second-order valence-corrected chi connectivity index (χ2v) is 9.36. The Morgan fingerprint density at radius 1 is 0.722 bits per heavy atom. The topological polar surface area (TPSA) is 25.6 Å². The summed E-state index contributed by atoms with van der Waals surface area (Å²) in [5, 5.41) is 0. The summed E-state index contributed by atoms with van der Waals surface area (Å²) in [6.45, 7) is 2.26. The summed E-state index contributed by atoms with van der Waals surface area (Å²) in [7, 11) is 0. The second-order valence-electron chi connectivity index (χ2n) is 9.36. The molecule has 1 fully saturated rings. The van der Waals surface area contributed by atoms with E-state index < -0.39 is 0 Å². The van der Waals surface area contributed by atoms with Crippen LogP contribution < -0.4 is 14.5 Å². The van der Waals surface area contributed by atoms with Crippen molar-refractivity contribution in [2.75, 3.05) is 9.80 Å². The third kappa shape index (κ3) is 4.06. The molecule has 0 amide bonds. The van der Waals surface area contributed by atoms with E-state index in [0.29, 0.717) is 23.6 Å². The molecule has 1 aliphatic carbocycles. The van der Waals surface area contributed by atoms with Crippen LogP contribution in [-0.4, -0.2) is 15.2 Å². The van der Waals surface area contributed by atoms with Gasteiger partial charge >= 0.3 is 21.1 Å². The van der Waals surface area contributed by atoms with Crippen molar-refractivity contribution >= 4 is 17.1 Å². The van der Waals surface area contributed by atoms with E-state index in [1.54, 1.807) is 0 Å². The number of aromatic nitrogens is 2. The Morgan fingerprint density at radius 2 is 1.42 bits per heavy atom. The maximum Gasteiger partial charge on any atom is 4.00 e. The Labute approximate surface area is 226 Å². The Hall–Kier alpha value is -3.30. The zero-order valence-electron chi connectivity index (χ0n) is 19.7. The van der Waals surface area contributed by atoms with Gasteiger partial charge in [-0.05, 0) is 31.3 Å². The van der Waals surface area contributed by atoms with Gasteiger partial charge in [0.1, 0.15) is 0 Å². The summed E-state index contributed by atoms with van der Waals surface area (Å²) in [6, 6.07) is 32.6. The van der Waals surface area contributed by atoms with Gasteiger partial charge in [-0.3, -0.25) is 0 Å². The first-order valence-corrected chi connectivity index (χ1v) is 12.3. The number of hydrogen-bond donors (Lipinski definition) is 0. The largest absolute Gasteiger partial charge is 4.00 e. The van der Waals surface area contributed by atoms with Gasteiger partial charge in [0.25, 0.3) is 0 Å². The molecule has 1 aromatic heterocycles.